The number of nitrogens with one attached hydrogen (secondary N) is 2. The SMILES string of the molecule is Cc1ccc(-c2nc3cc(NC=C(C#N)c4nn[nH]n4)cc(C)c3o2)cc1. The van der Waals surface area contributed by atoms with Gasteiger partial charge in [0.1, 0.15) is 17.2 Å². The van der Waals surface area contributed by atoms with Crippen LogP contribution in [0.1, 0.15) is 17.0 Å². The van der Waals surface area contributed by atoms with Crippen LogP contribution < -0.4 is 5.32 Å². The second-order valence-electron chi connectivity index (χ2n) is 6.08. The van der Waals surface area contributed by atoms with E-state index < -0.39 is 0 Å². The molecule has 4 rings (SSSR count). The van der Waals surface area contributed by atoms with Gasteiger partial charge >= 0.3 is 0 Å². The van der Waals surface area contributed by atoms with Crippen LogP contribution in [0.5, 0.6) is 0 Å². The third kappa shape index (κ3) is 3.26. The van der Waals surface area contributed by atoms with Gasteiger partial charge in [-0.05, 0) is 48.9 Å². The highest BCUT2D eigenvalue weighted by Gasteiger charge is 2.12. The lowest BCUT2D eigenvalue weighted by Gasteiger charge is -2.03. The molecule has 8 heteroatoms. The molecule has 2 aromatic heterocycles. The van der Waals surface area contributed by atoms with E-state index in [0.717, 1.165) is 27.9 Å². The molecule has 0 bridgehead atoms. The number of fused-ring (bicyclic) bond motifs is 1. The summed E-state index contributed by atoms with van der Waals surface area (Å²) in [5.74, 6) is 0.802. The summed E-state index contributed by atoms with van der Waals surface area (Å²) < 4.78 is 5.95. The molecule has 2 heterocycles. The average Bonchev–Trinajstić information content (AvgIpc) is 3.33. The number of benzene rings is 2. The van der Waals surface area contributed by atoms with Gasteiger partial charge in [0, 0.05) is 17.5 Å². The molecule has 2 N–H and O–H groups in total. The number of hydrogen-bond acceptors (Lipinski definition) is 7. The molecule has 0 aliphatic rings. The number of allylic oxidation sites excluding steroid dienone is 1. The van der Waals surface area contributed by atoms with Gasteiger partial charge in [0.15, 0.2) is 5.58 Å². The molecule has 0 radical (unpaired) electrons. The minimum absolute atomic E-state index is 0.228. The Morgan fingerprint density at radius 2 is 2.04 bits per heavy atom. The summed E-state index contributed by atoms with van der Waals surface area (Å²) in [6.45, 7) is 3.99. The maximum absolute atomic E-state index is 9.24. The molecule has 0 amide bonds. The Kier molecular flexibility index (Phi) is 4.10. The third-order valence-electron chi connectivity index (χ3n) is 4.06. The first-order valence-corrected chi connectivity index (χ1v) is 8.23. The van der Waals surface area contributed by atoms with E-state index in [9.17, 15) is 5.26 Å². The van der Waals surface area contributed by atoms with E-state index in [4.69, 9.17) is 4.42 Å². The van der Waals surface area contributed by atoms with Crippen LogP contribution in [0.15, 0.2) is 47.0 Å². The molecule has 27 heavy (non-hydrogen) atoms. The largest absolute Gasteiger partial charge is 0.436 e. The number of oxazole rings is 1. The second kappa shape index (κ2) is 6.72. The molecule has 0 saturated heterocycles. The van der Waals surface area contributed by atoms with Crippen molar-refractivity contribution in [1.82, 2.24) is 25.6 Å². The highest BCUT2D eigenvalue weighted by Crippen LogP contribution is 2.29. The zero-order valence-corrected chi connectivity index (χ0v) is 14.7. The van der Waals surface area contributed by atoms with E-state index in [1.807, 2.05) is 56.3 Å². The van der Waals surface area contributed by atoms with E-state index in [1.165, 1.54) is 11.8 Å². The average molecular weight is 357 g/mol. The summed E-state index contributed by atoms with van der Waals surface area (Å²) in [6.07, 6.45) is 1.53. The summed E-state index contributed by atoms with van der Waals surface area (Å²) >= 11 is 0. The van der Waals surface area contributed by atoms with E-state index in [1.54, 1.807) is 0 Å². The molecule has 0 atom stereocenters. The summed E-state index contributed by atoms with van der Waals surface area (Å²) in [6, 6.07) is 13.9. The van der Waals surface area contributed by atoms with Crippen molar-refractivity contribution in [3.8, 4) is 17.5 Å². The number of tetrazole rings is 1. The zero-order chi connectivity index (χ0) is 18.8. The molecule has 0 saturated carbocycles. The predicted molar refractivity (Wildman–Crippen MR) is 100 cm³/mol. The predicted octanol–water partition coefficient (Wildman–Crippen LogP) is 3.60. The van der Waals surface area contributed by atoms with Crippen molar-refractivity contribution < 1.29 is 4.42 Å². The van der Waals surface area contributed by atoms with E-state index in [-0.39, 0.29) is 11.4 Å². The van der Waals surface area contributed by atoms with Crippen LogP contribution >= 0.6 is 0 Å². The minimum Gasteiger partial charge on any atom is -0.436 e. The molecule has 4 aromatic rings. The van der Waals surface area contributed by atoms with Crippen LogP contribution in [0.4, 0.5) is 5.69 Å². The summed E-state index contributed by atoms with van der Waals surface area (Å²) in [5.41, 5.74) is 5.56. The molecule has 8 nitrogen and oxygen atoms in total. The smallest absolute Gasteiger partial charge is 0.227 e. The van der Waals surface area contributed by atoms with Crippen LogP contribution in [0.25, 0.3) is 28.1 Å². The number of nitrogens with zero attached hydrogens (tertiary/aromatic N) is 5. The normalized spacial score (nSPS) is 11.5. The fourth-order valence-electron chi connectivity index (χ4n) is 2.68. The zero-order valence-electron chi connectivity index (χ0n) is 14.7. The molecule has 0 fully saturated rings. The topological polar surface area (TPSA) is 116 Å². The summed E-state index contributed by atoms with van der Waals surface area (Å²) in [5, 5.41) is 25.7. The molecule has 2 aromatic carbocycles. The third-order valence-corrected chi connectivity index (χ3v) is 4.06. The fraction of sp³-hybridized carbons (Fsp3) is 0.105. The van der Waals surface area contributed by atoms with Crippen molar-refractivity contribution in [1.29, 1.82) is 5.26 Å². The lowest BCUT2D eigenvalue weighted by Crippen LogP contribution is -1.93. The molecule has 0 aliphatic carbocycles. The number of H-pyrrole nitrogens is 1. The maximum atomic E-state index is 9.24. The van der Waals surface area contributed by atoms with Crippen LogP contribution in [0, 0.1) is 25.2 Å². The second-order valence-corrected chi connectivity index (χ2v) is 6.08. The molecule has 0 unspecified atom stereocenters. The van der Waals surface area contributed by atoms with Gasteiger partial charge in [-0.15, -0.1) is 10.2 Å². The Hall–Kier alpha value is -3.99. The van der Waals surface area contributed by atoms with E-state index in [2.05, 4.69) is 30.9 Å². The van der Waals surface area contributed by atoms with Crippen LogP contribution in [0.3, 0.4) is 0 Å². The highest BCUT2D eigenvalue weighted by atomic mass is 16.3. The van der Waals surface area contributed by atoms with Gasteiger partial charge in [0.25, 0.3) is 0 Å². The minimum atomic E-state index is 0.228. The number of aryl methyl sites for hydroxylation is 2. The van der Waals surface area contributed by atoms with Gasteiger partial charge in [0.2, 0.25) is 11.7 Å². The number of aromatic amines is 1. The first kappa shape index (κ1) is 16.5. The molecular formula is C19H15N7O. The quantitative estimate of drug-likeness (QED) is 0.536. The van der Waals surface area contributed by atoms with Gasteiger partial charge < -0.3 is 9.73 Å². The van der Waals surface area contributed by atoms with Gasteiger partial charge in [-0.3, -0.25) is 0 Å². The van der Waals surface area contributed by atoms with Gasteiger partial charge in [-0.25, -0.2) is 4.98 Å². The molecule has 132 valence electrons. The van der Waals surface area contributed by atoms with Crippen molar-refractivity contribution in [3.05, 3.63) is 59.5 Å². The first-order valence-electron chi connectivity index (χ1n) is 8.23. The fourth-order valence-corrected chi connectivity index (χ4v) is 2.68. The number of nitriles is 1. The monoisotopic (exact) mass is 357 g/mol. The highest BCUT2D eigenvalue weighted by molar-refractivity contribution is 5.84. The van der Waals surface area contributed by atoms with Crippen molar-refractivity contribution in [3.63, 3.8) is 0 Å². The van der Waals surface area contributed by atoms with E-state index in [0.29, 0.717) is 5.89 Å². The summed E-state index contributed by atoms with van der Waals surface area (Å²) in [4.78, 5) is 4.60. The lowest BCUT2D eigenvalue weighted by atomic mass is 10.1. The molecular weight excluding hydrogens is 342 g/mol. The maximum Gasteiger partial charge on any atom is 0.227 e. The number of hydrogen-bond donors (Lipinski definition) is 2. The number of aromatic nitrogens is 5. The first-order chi connectivity index (χ1) is 13.1. The standard InChI is InChI=1S/C19H15N7O/c1-11-3-5-13(6-4-11)19-22-16-8-15(7-12(2)17(16)27-19)21-10-14(9-20)18-23-25-26-24-18/h3-8,10,21H,1-2H3,(H,23,24,25,26). The summed E-state index contributed by atoms with van der Waals surface area (Å²) in [7, 11) is 0. The van der Waals surface area contributed by atoms with Gasteiger partial charge in [-0.2, -0.15) is 10.5 Å². The van der Waals surface area contributed by atoms with E-state index >= 15 is 0 Å². The van der Waals surface area contributed by atoms with Crippen molar-refractivity contribution in [2.24, 2.45) is 0 Å². The van der Waals surface area contributed by atoms with Crippen LogP contribution in [0.2, 0.25) is 0 Å². The Bertz CT molecular complexity index is 1170. The van der Waals surface area contributed by atoms with Gasteiger partial charge in [-0.1, -0.05) is 17.7 Å². The number of rotatable bonds is 4. The van der Waals surface area contributed by atoms with Gasteiger partial charge in [0.05, 0.1) is 0 Å². The Morgan fingerprint density at radius 1 is 1.22 bits per heavy atom. The number of anilines is 1. The van der Waals surface area contributed by atoms with Crippen LogP contribution in [-0.4, -0.2) is 25.6 Å². The lowest BCUT2D eigenvalue weighted by molar-refractivity contribution is 0.617. The van der Waals surface area contributed by atoms with Crippen molar-refractivity contribution in [2.75, 3.05) is 5.32 Å². The van der Waals surface area contributed by atoms with Crippen LogP contribution in [-0.2, 0) is 0 Å². The van der Waals surface area contributed by atoms with Crippen molar-refractivity contribution >= 4 is 22.4 Å². The Labute approximate surface area is 154 Å². The van der Waals surface area contributed by atoms with Crippen molar-refractivity contribution in [2.45, 2.75) is 13.8 Å². The molecule has 0 spiro atoms. The Balaban J connectivity index is 1.67. The Morgan fingerprint density at radius 3 is 2.74 bits per heavy atom. The molecule has 0 aliphatic heterocycles.